The van der Waals surface area contributed by atoms with Gasteiger partial charge in [-0.05, 0) is 91.8 Å². The Hall–Kier alpha value is -2.51. The van der Waals surface area contributed by atoms with Crippen molar-refractivity contribution in [3.05, 3.63) is 89.0 Å². The van der Waals surface area contributed by atoms with Gasteiger partial charge in [0.25, 0.3) is 0 Å². The molecule has 0 amide bonds. The maximum Gasteiger partial charge on any atom is 0.530 e. The Labute approximate surface area is 360 Å². The summed E-state index contributed by atoms with van der Waals surface area (Å²) in [4.78, 5) is 0. The highest BCUT2D eigenvalue weighted by Gasteiger charge is 2.25. The van der Waals surface area contributed by atoms with Gasteiger partial charge in [0, 0.05) is 0 Å². The van der Waals surface area contributed by atoms with Crippen LogP contribution in [0.2, 0.25) is 0 Å². The summed E-state index contributed by atoms with van der Waals surface area (Å²) >= 11 is 0. The van der Waals surface area contributed by atoms with Crippen LogP contribution in [0.1, 0.15) is 230 Å². The molecule has 0 N–H and O–H groups in total. The normalized spacial score (nSPS) is 11.4. The largest absolute Gasteiger partial charge is 0.530 e. The number of para-hydroxylation sites is 2. The van der Waals surface area contributed by atoms with Gasteiger partial charge in [-0.2, -0.15) is 0 Å². The highest BCUT2D eigenvalue weighted by molar-refractivity contribution is 7.43. The molecule has 0 unspecified atom stereocenters. The van der Waals surface area contributed by atoms with Crippen molar-refractivity contribution in [3.8, 4) is 17.2 Å². The van der Waals surface area contributed by atoms with Gasteiger partial charge in [-0.25, -0.2) is 0 Å². The average Bonchev–Trinajstić information content (AvgIpc) is 3.24. The van der Waals surface area contributed by atoms with Crippen molar-refractivity contribution in [2.45, 2.75) is 233 Å². The van der Waals surface area contributed by atoms with Crippen molar-refractivity contribution in [2.75, 3.05) is 0 Å². The van der Waals surface area contributed by atoms with E-state index >= 15 is 0 Å². The molecule has 0 aliphatic rings. The predicted molar refractivity (Wildman–Crippen MR) is 255 cm³/mol. The second-order valence-electron chi connectivity index (χ2n) is 17.1. The summed E-state index contributed by atoms with van der Waals surface area (Å²) in [7, 11) is -1.76. The van der Waals surface area contributed by atoms with Crippen LogP contribution in [0.15, 0.2) is 66.7 Å². The first-order chi connectivity index (χ1) is 28.7. The lowest BCUT2D eigenvalue weighted by molar-refractivity contribution is 0.381. The van der Waals surface area contributed by atoms with Crippen LogP contribution in [0.3, 0.4) is 0 Å². The summed E-state index contributed by atoms with van der Waals surface area (Å²) in [5.74, 6) is 2.75. The van der Waals surface area contributed by atoms with Crippen LogP contribution in [0.4, 0.5) is 0 Å². The fourth-order valence-corrected chi connectivity index (χ4v) is 9.31. The summed E-state index contributed by atoms with van der Waals surface area (Å²) < 4.78 is 20.9. The molecule has 0 aliphatic carbocycles. The molecule has 0 radical (unpaired) electrons. The van der Waals surface area contributed by atoms with Crippen LogP contribution in [-0.2, 0) is 25.7 Å². The second kappa shape index (κ2) is 34.2. The first kappa shape index (κ1) is 49.8. The van der Waals surface area contributed by atoms with Crippen LogP contribution in [-0.4, -0.2) is 0 Å². The van der Waals surface area contributed by atoms with Crippen molar-refractivity contribution in [1.82, 2.24) is 0 Å². The third kappa shape index (κ3) is 22.2. The Morgan fingerprint density at radius 3 is 1.00 bits per heavy atom. The van der Waals surface area contributed by atoms with Gasteiger partial charge < -0.3 is 13.6 Å². The first-order valence-corrected chi connectivity index (χ1v) is 25.9. The Bertz CT molecular complexity index is 1340. The molecule has 4 heteroatoms. The molecule has 0 atom stereocenters. The Morgan fingerprint density at radius 1 is 0.293 bits per heavy atom. The van der Waals surface area contributed by atoms with E-state index < -0.39 is 8.60 Å². The molecule has 0 aromatic heterocycles. The van der Waals surface area contributed by atoms with Gasteiger partial charge in [-0.15, -0.1) is 0 Å². The molecule has 3 aromatic rings. The van der Waals surface area contributed by atoms with Gasteiger partial charge >= 0.3 is 8.60 Å². The van der Waals surface area contributed by atoms with E-state index in [1.807, 2.05) is 0 Å². The first-order valence-electron chi connectivity index (χ1n) is 24.8. The third-order valence-electron chi connectivity index (χ3n) is 11.9. The van der Waals surface area contributed by atoms with Gasteiger partial charge in [0.05, 0.1) is 0 Å². The number of aryl methyl sites for hydroxylation is 3. The van der Waals surface area contributed by atoms with E-state index in [-0.39, 0.29) is 0 Å². The van der Waals surface area contributed by atoms with Crippen molar-refractivity contribution in [1.29, 1.82) is 0 Å². The minimum Gasteiger partial charge on any atom is -0.408 e. The van der Waals surface area contributed by atoms with E-state index in [2.05, 4.69) is 94.4 Å². The smallest absolute Gasteiger partial charge is 0.408 e. The standard InChI is InChI=1S/C54H87O3P/c1-5-9-13-17-21-25-29-38-48-43-37-47-54(51(48)44-32-28-24-20-16-12-8-4)57-58(55-52-45-35-33-41-49(52)39-30-26-22-18-14-10-6-2)56-53-46-36-34-42-50(53)40-31-27-23-19-15-11-7-3/h33-37,41-43,45-47H,5-32,38-40,44H2,1-4H3. The molecular weight excluding hydrogens is 728 g/mol. The van der Waals surface area contributed by atoms with Crippen molar-refractivity contribution >= 4 is 8.60 Å². The van der Waals surface area contributed by atoms with E-state index in [1.54, 1.807) is 0 Å². The predicted octanol–water partition coefficient (Wildman–Crippen LogP) is 18.6. The van der Waals surface area contributed by atoms with Crippen LogP contribution >= 0.6 is 8.60 Å². The van der Waals surface area contributed by atoms with E-state index in [1.165, 1.54) is 202 Å². The van der Waals surface area contributed by atoms with Gasteiger partial charge in [-0.3, -0.25) is 0 Å². The molecule has 0 heterocycles. The molecule has 0 aliphatic heterocycles. The van der Waals surface area contributed by atoms with Crippen LogP contribution < -0.4 is 13.6 Å². The number of hydrogen-bond acceptors (Lipinski definition) is 3. The summed E-state index contributed by atoms with van der Waals surface area (Å²) in [6.45, 7) is 9.19. The molecule has 3 rings (SSSR count). The SMILES string of the molecule is CCCCCCCCCc1ccccc1OP(Oc1ccccc1CCCCCCCCC)Oc1cccc(CCCCCCCCC)c1CCCCCCCCC. The molecule has 326 valence electrons. The van der Waals surface area contributed by atoms with Crippen LogP contribution in [0, 0.1) is 0 Å². The lowest BCUT2D eigenvalue weighted by atomic mass is 9.95. The minimum atomic E-state index is -1.76. The van der Waals surface area contributed by atoms with Gasteiger partial charge in [0.15, 0.2) is 0 Å². The number of hydrogen-bond donors (Lipinski definition) is 0. The van der Waals surface area contributed by atoms with E-state index in [4.69, 9.17) is 13.6 Å². The highest BCUT2D eigenvalue weighted by atomic mass is 31.2. The second-order valence-corrected chi connectivity index (χ2v) is 18.1. The Morgan fingerprint density at radius 2 is 0.586 bits per heavy atom. The van der Waals surface area contributed by atoms with Crippen molar-refractivity contribution in [3.63, 3.8) is 0 Å². The zero-order valence-corrected chi connectivity index (χ0v) is 39.0. The summed E-state index contributed by atoms with van der Waals surface area (Å²) in [5, 5.41) is 0. The molecule has 0 spiro atoms. The van der Waals surface area contributed by atoms with Crippen LogP contribution in [0.5, 0.6) is 17.2 Å². The quantitative estimate of drug-likeness (QED) is 0.0426. The number of rotatable bonds is 38. The summed E-state index contributed by atoms with van der Waals surface area (Å²) in [5.41, 5.74) is 5.33. The fourth-order valence-electron chi connectivity index (χ4n) is 8.19. The molecule has 3 nitrogen and oxygen atoms in total. The highest BCUT2D eigenvalue weighted by Crippen LogP contribution is 2.46. The molecule has 0 saturated carbocycles. The Kier molecular flexibility index (Phi) is 29.4. The van der Waals surface area contributed by atoms with E-state index in [0.29, 0.717) is 0 Å². The molecule has 0 saturated heterocycles. The molecule has 3 aromatic carbocycles. The Balaban J connectivity index is 1.84. The van der Waals surface area contributed by atoms with Crippen molar-refractivity contribution in [2.24, 2.45) is 0 Å². The monoisotopic (exact) mass is 815 g/mol. The van der Waals surface area contributed by atoms with Gasteiger partial charge in [-0.1, -0.05) is 230 Å². The lowest BCUT2D eigenvalue weighted by Gasteiger charge is -2.23. The average molecular weight is 815 g/mol. The number of unbranched alkanes of at least 4 members (excludes halogenated alkanes) is 24. The molecular formula is C54H87O3P. The van der Waals surface area contributed by atoms with Crippen molar-refractivity contribution < 1.29 is 13.6 Å². The number of benzene rings is 3. The molecule has 58 heavy (non-hydrogen) atoms. The maximum atomic E-state index is 7.07. The molecule has 0 bridgehead atoms. The van der Waals surface area contributed by atoms with Gasteiger partial charge in [0.1, 0.15) is 17.2 Å². The van der Waals surface area contributed by atoms with E-state index in [0.717, 1.165) is 42.9 Å². The zero-order valence-electron chi connectivity index (χ0n) is 38.2. The third-order valence-corrected chi connectivity index (χ3v) is 12.9. The van der Waals surface area contributed by atoms with Gasteiger partial charge in [0.2, 0.25) is 0 Å². The minimum absolute atomic E-state index is 0.900. The summed E-state index contributed by atoms with van der Waals surface area (Å²) in [6.07, 6.45) is 40.8. The lowest BCUT2D eigenvalue weighted by Crippen LogP contribution is -2.07. The van der Waals surface area contributed by atoms with Crippen LogP contribution in [0.25, 0.3) is 0 Å². The molecule has 0 fully saturated rings. The topological polar surface area (TPSA) is 27.7 Å². The van der Waals surface area contributed by atoms with E-state index in [9.17, 15) is 0 Å². The summed E-state index contributed by atoms with van der Waals surface area (Å²) in [6, 6.07) is 24.0. The zero-order chi connectivity index (χ0) is 41.1. The fraction of sp³-hybridized carbons (Fsp3) is 0.667. The maximum absolute atomic E-state index is 7.07.